The highest BCUT2D eigenvalue weighted by molar-refractivity contribution is 5.76. The molecular weight excluding hydrogens is 387 g/mol. The first-order valence-corrected chi connectivity index (χ1v) is 9.58. The predicted molar refractivity (Wildman–Crippen MR) is 114 cm³/mol. The maximum atomic E-state index is 13.2. The number of rotatable bonds is 5. The lowest BCUT2D eigenvalue weighted by Crippen LogP contribution is -2.47. The van der Waals surface area contributed by atoms with Gasteiger partial charge in [0, 0.05) is 44.6 Å². The van der Waals surface area contributed by atoms with Crippen molar-refractivity contribution < 1.29 is 9.31 Å². The van der Waals surface area contributed by atoms with E-state index in [0.29, 0.717) is 32.0 Å². The SMILES string of the molecule is CN(c1ccccc1)c1ncnc(N2CCN(c3ccc(F)cc3)CC2)c1[N+](=O)[O-]. The molecular formula is C21H21FN6O2. The summed E-state index contributed by atoms with van der Waals surface area (Å²) in [7, 11) is 1.75. The molecule has 8 nitrogen and oxygen atoms in total. The number of piperazine rings is 1. The zero-order valence-electron chi connectivity index (χ0n) is 16.5. The highest BCUT2D eigenvalue weighted by Crippen LogP contribution is 2.37. The maximum Gasteiger partial charge on any atom is 0.353 e. The van der Waals surface area contributed by atoms with Crippen molar-refractivity contribution in [1.82, 2.24) is 9.97 Å². The molecule has 0 N–H and O–H groups in total. The first-order valence-electron chi connectivity index (χ1n) is 9.58. The minimum Gasteiger partial charge on any atom is -0.368 e. The van der Waals surface area contributed by atoms with Crippen LogP contribution < -0.4 is 14.7 Å². The molecule has 30 heavy (non-hydrogen) atoms. The summed E-state index contributed by atoms with van der Waals surface area (Å²) in [5, 5.41) is 12.0. The Hall–Kier alpha value is -3.75. The fraction of sp³-hybridized carbons (Fsp3) is 0.238. The van der Waals surface area contributed by atoms with E-state index < -0.39 is 4.92 Å². The van der Waals surface area contributed by atoms with Gasteiger partial charge in [-0.25, -0.2) is 14.4 Å². The van der Waals surface area contributed by atoms with E-state index in [-0.39, 0.29) is 17.3 Å². The van der Waals surface area contributed by atoms with Crippen LogP contribution in [0.25, 0.3) is 0 Å². The summed E-state index contributed by atoms with van der Waals surface area (Å²) in [4.78, 5) is 25.7. The van der Waals surface area contributed by atoms with Crippen LogP contribution in [0.4, 0.5) is 33.1 Å². The van der Waals surface area contributed by atoms with Crippen LogP contribution in [0.15, 0.2) is 60.9 Å². The van der Waals surface area contributed by atoms with E-state index in [9.17, 15) is 14.5 Å². The first kappa shape index (κ1) is 19.6. The Morgan fingerprint density at radius 2 is 1.60 bits per heavy atom. The van der Waals surface area contributed by atoms with Crippen molar-refractivity contribution in [1.29, 1.82) is 0 Å². The normalized spacial score (nSPS) is 13.9. The Kier molecular flexibility index (Phi) is 5.42. The van der Waals surface area contributed by atoms with Gasteiger partial charge in [0.1, 0.15) is 12.1 Å². The number of aromatic nitrogens is 2. The summed E-state index contributed by atoms with van der Waals surface area (Å²) in [5.74, 6) is 0.285. The average Bonchev–Trinajstić information content (AvgIpc) is 2.79. The Morgan fingerprint density at radius 3 is 2.23 bits per heavy atom. The number of nitrogens with zero attached hydrogens (tertiary/aromatic N) is 6. The van der Waals surface area contributed by atoms with Crippen molar-refractivity contribution in [3.8, 4) is 0 Å². The minimum atomic E-state index is -0.420. The molecule has 4 rings (SSSR count). The van der Waals surface area contributed by atoms with Crippen LogP contribution in [0.5, 0.6) is 0 Å². The molecule has 1 saturated heterocycles. The molecule has 1 aliphatic heterocycles. The van der Waals surface area contributed by atoms with Gasteiger partial charge >= 0.3 is 5.69 Å². The van der Waals surface area contributed by atoms with Crippen LogP contribution in [0.1, 0.15) is 0 Å². The van der Waals surface area contributed by atoms with Crippen molar-refractivity contribution in [2.24, 2.45) is 0 Å². The quantitative estimate of drug-likeness (QED) is 0.471. The lowest BCUT2D eigenvalue weighted by molar-refractivity contribution is -0.383. The zero-order valence-corrected chi connectivity index (χ0v) is 16.5. The van der Waals surface area contributed by atoms with Crippen molar-refractivity contribution in [3.63, 3.8) is 0 Å². The molecule has 3 aromatic rings. The molecule has 0 bridgehead atoms. The van der Waals surface area contributed by atoms with E-state index in [2.05, 4.69) is 14.9 Å². The molecule has 0 amide bonds. The Labute approximate surface area is 173 Å². The topological polar surface area (TPSA) is 78.6 Å². The van der Waals surface area contributed by atoms with Gasteiger partial charge in [-0.3, -0.25) is 10.1 Å². The maximum absolute atomic E-state index is 13.2. The van der Waals surface area contributed by atoms with Crippen molar-refractivity contribution in [2.75, 3.05) is 47.9 Å². The Balaban J connectivity index is 1.59. The fourth-order valence-electron chi connectivity index (χ4n) is 3.60. The third-order valence-corrected chi connectivity index (χ3v) is 5.20. The molecule has 9 heteroatoms. The Morgan fingerprint density at radius 1 is 0.967 bits per heavy atom. The fourth-order valence-corrected chi connectivity index (χ4v) is 3.60. The van der Waals surface area contributed by atoms with Crippen molar-refractivity contribution in [3.05, 3.63) is 76.9 Å². The first-order chi connectivity index (χ1) is 14.5. The monoisotopic (exact) mass is 408 g/mol. The number of hydrogen-bond acceptors (Lipinski definition) is 7. The average molecular weight is 408 g/mol. The molecule has 2 heterocycles. The van der Waals surface area contributed by atoms with Gasteiger partial charge in [-0.15, -0.1) is 0 Å². The zero-order chi connectivity index (χ0) is 21.1. The smallest absolute Gasteiger partial charge is 0.353 e. The number of halogens is 1. The molecule has 0 aliphatic carbocycles. The van der Waals surface area contributed by atoms with Gasteiger partial charge in [-0.1, -0.05) is 18.2 Å². The molecule has 0 radical (unpaired) electrons. The molecule has 0 atom stereocenters. The van der Waals surface area contributed by atoms with Gasteiger partial charge in [0.2, 0.25) is 11.6 Å². The summed E-state index contributed by atoms with van der Waals surface area (Å²) >= 11 is 0. The minimum absolute atomic E-state index is 0.112. The van der Waals surface area contributed by atoms with Crippen LogP contribution in [-0.2, 0) is 0 Å². The number of anilines is 4. The predicted octanol–water partition coefficient (Wildman–Crippen LogP) is 3.62. The van der Waals surface area contributed by atoms with Crippen LogP contribution in [0.3, 0.4) is 0 Å². The highest BCUT2D eigenvalue weighted by Gasteiger charge is 2.31. The van der Waals surface area contributed by atoms with Gasteiger partial charge in [0.15, 0.2) is 0 Å². The third kappa shape index (κ3) is 3.86. The Bertz CT molecular complexity index is 1020. The second-order valence-electron chi connectivity index (χ2n) is 6.97. The second-order valence-corrected chi connectivity index (χ2v) is 6.97. The summed E-state index contributed by atoms with van der Waals surface area (Å²) in [6.07, 6.45) is 1.36. The molecule has 1 aliphatic rings. The van der Waals surface area contributed by atoms with Crippen LogP contribution >= 0.6 is 0 Å². The molecule has 154 valence electrons. The van der Waals surface area contributed by atoms with Gasteiger partial charge in [-0.2, -0.15) is 0 Å². The van der Waals surface area contributed by atoms with Gasteiger partial charge in [0.05, 0.1) is 4.92 Å². The molecule has 0 spiro atoms. The second kappa shape index (κ2) is 8.32. The van der Waals surface area contributed by atoms with E-state index in [4.69, 9.17) is 0 Å². The largest absolute Gasteiger partial charge is 0.368 e. The summed E-state index contributed by atoms with van der Waals surface area (Å²) in [5.41, 5.74) is 1.61. The van der Waals surface area contributed by atoms with Crippen LogP contribution in [0.2, 0.25) is 0 Å². The molecule has 0 saturated carbocycles. The molecule has 0 unspecified atom stereocenters. The van der Waals surface area contributed by atoms with Gasteiger partial charge < -0.3 is 14.7 Å². The summed E-state index contributed by atoms with van der Waals surface area (Å²) in [6, 6.07) is 15.7. The van der Waals surface area contributed by atoms with Gasteiger partial charge in [0.25, 0.3) is 0 Å². The van der Waals surface area contributed by atoms with E-state index >= 15 is 0 Å². The molecule has 1 fully saturated rings. The summed E-state index contributed by atoms with van der Waals surface area (Å²) in [6.45, 7) is 2.42. The van der Waals surface area contributed by atoms with E-state index in [0.717, 1.165) is 11.4 Å². The number of hydrogen-bond donors (Lipinski definition) is 0. The van der Waals surface area contributed by atoms with Crippen LogP contribution in [0, 0.1) is 15.9 Å². The molecule has 1 aromatic heterocycles. The lowest BCUT2D eigenvalue weighted by Gasteiger charge is -2.36. The summed E-state index contributed by atoms with van der Waals surface area (Å²) < 4.78 is 13.2. The lowest BCUT2D eigenvalue weighted by atomic mass is 10.2. The van der Waals surface area contributed by atoms with Crippen LogP contribution in [-0.4, -0.2) is 48.1 Å². The number of nitro groups is 1. The number of para-hydroxylation sites is 1. The molecule has 2 aromatic carbocycles. The van der Waals surface area contributed by atoms with E-state index in [1.807, 2.05) is 35.2 Å². The third-order valence-electron chi connectivity index (χ3n) is 5.20. The van der Waals surface area contributed by atoms with E-state index in [1.54, 1.807) is 24.1 Å². The van der Waals surface area contributed by atoms with Gasteiger partial charge in [-0.05, 0) is 36.4 Å². The highest BCUT2D eigenvalue weighted by atomic mass is 19.1. The standard InChI is InChI=1S/C21H21FN6O2/c1-25(17-5-3-2-4-6-17)20-19(28(29)30)21(24-15-23-20)27-13-11-26(12-14-27)18-9-7-16(22)8-10-18/h2-10,15H,11-14H2,1H3. The number of benzene rings is 2. The van der Waals surface area contributed by atoms with Crippen molar-refractivity contribution >= 4 is 28.7 Å². The van der Waals surface area contributed by atoms with Crippen molar-refractivity contribution in [2.45, 2.75) is 0 Å². The van der Waals surface area contributed by atoms with E-state index in [1.165, 1.54) is 18.5 Å².